The molecule has 7 heteroatoms. The number of carboxylic acid groups (broad SMARTS) is 1. The lowest BCUT2D eigenvalue weighted by atomic mass is 10.2. The van der Waals surface area contributed by atoms with Crippen molar-refractivity contribution in [3.05, 3.63) is 53.6 Å². The molecule has 25 heavy (non-hydrogen) atoms. The molecule has 0 heterocycles. The second-order valence-corrected chi connectivity index (χ2v) is 4.65. The summed E-state index contributed by atoms with van der Waals surface area (Å²) in [5, 5.41) is 26.7. The minimum atomic E-state index is -1.02. The van der Waals surface area contributed by atoms with Crippen LogP contribution in [0.5, 0.6) is 23.0 Å². The molecule has 7 nitrogen and oxygen atoms in total. The summed E-state index contributed by atoms with van der Waals surface area (Å²) in [6.45, 7) is 0. The molecule has 0 unspecified atom stereocenters. The molecule has 2 rings (SSSR count). The van der Waals surface area contributed by atoms with Crippen molar-refractivity contribution in [1.82, 2.24) is 0 Å². The molecule has 3 N–H and O–H groups in total. The van der Waals surface area contributed by atoms with Gasteiger partial charge in [-0.3, -0.25) is 4.79 Å². The average Bonchev–Trinajstić information content (AvgIpc) is 2.62. The summed E-state index contributed by atoms with van der Waals surface area (Å²) in [5.41, 5.74) is 1.14. The van der Waals surface area contributed by atoms with Crippen LogP contribution in [-0.2, 0) is 4.79 Å². The molecule has 0 aliphatic rings. The molecule has 2 aromatic carbocycles. The zero-order valence-corrected chi connectivity index (χ0v) is 13.7. The Morgan fingerprint density at radius 2 is 1.40 bits per heavy atom. The van der Waals surface area contributed by atoms with Gasteiger partial charge in [0.15, 0.2) is 23.0 Å². The summed E-state index contributed by atoms with van der Waals surface area (Å²) < 4.78 is 9.64. The maximum absolute atomic E-state index is 10.2. The van der Waals surface area contributed by atoms with Crippen molar-refractivity contribution in [3.8, 4) is 23.0 Å². The van der Waals surface area contributed by atoms with Gasteiger partial charge in [-0.05, 0) is 42.0 Å². The van der Waals surface area contributed by atoms with Crippen molar-refractivity contribution in [2.45, 2.75) is 0 Å². The van der Waals surface area contributed by atoms with Gasteiger partial charge in [-0.15, -0.1) is 0 Å². The van der Waals surface area contributed by atoms with Crippen LogP contribution in [0.2, 0.25) is 0 Å². The first-order valence-electron chi connectivity index (χ1n) is 7.01. The van der Waals surface area contributed by atoms with E-state index in [1.807, 2.05) is 0 Å². The molecule has 0 saturated heterocycles. The van der Waals surface area contributed by atoms with E-state index in [0.29, 0.717) is 28.9 Å². The summed E-state index contributed by atoms with van der Waals surface area (Å²) in [5.74, 6) is -0.317. The molecule has 2 aromatic rings. The van der Waals surface area contributed by atoms with E-state index in [-0.39, 0.29) is 11.5 Å². The highest BCUT2D eigenvalue weighted by Gasteiger charge is 2.01. The number of aromatic hydroxyl groups is 2. The minimum Gasteiger partial charge on any atom is -0.504 e. The van der Waals surface area contributed by atoms with Crippen LogP contribution in [0.1, 0.15) is 15.9 Å². The van der Waals surface area contributed by atoms with Crippen molar-refractivity contribution in [3.63, 3.8) is 0 Å². The van der Waals surface area contributed by atoms with Crippen LogP contribution in [0.4, 0.5) is 0 Å². The Bertz CT molecular complexity index is 766. The van der Waals surface area contributed by atoms with Crippen molar-refractivity contribution in [2.24, 2.45) is 0 Å². The smallest absolute Gasteiger partial charge is 0.328 e. The molecule has 0 aliphatic heterocycles. The molecular formula is C18H18O7. The van der Waals surface area contributed by atoms with E-state index in [9.17, 15) is 14.7 Å². The zero-order valence-electron chi connectivity index (χ0n) is 13.7. The van der Waals surface area contributed by atoms with Crippen molar-refractivity contribution in [1.29, 1.82) is 0 Å². The lowest BCUT2D eigenvalue weighted by Gasteiger charge is -2.03. The van der Waals surface area contributed by atoms with E-state index in [4.69, 9.17) is 19.7 Å². The van der Waals surface area contributed by atoms with Gasteiger partial charge in [-0.2, -0.15) is 0 Å². The van der Waals surface area contributed by atoms with E-state index in [2.05, 4.69) is 0 Å². The number of carbonyl (C=O) groups is 2. The molecule has 0 saturated carbocycles. The monoisotopic (exact) mass is 346 g/mol. The Labute approximate surface area is 144 Å². The summed E-state index contributed by atoms with van der Waals surface area (Å²) in [6, 6.07) is 9.00. The first-order chi connectivity index (χ1) is 11.9. The topological polar surface area (TPSA) is 113 Å². The van der Waals surface area contributed by atoms with Crippen LogP contribution in [0.3, 0.4) is 0 Å². The molecule has 0 bridgehead atoms. The van der Waals surface area contributed by atoms with Gasteiger partial charge in [0.1, 0.15) is 6.29 Å². The number of aliphatic carboxylic acids is 1. The quantitative estimate of drug-likeness (QED) is 0.563. The van der Waals surface area contributed by atoms with Gasteiger partial charge in [0.25, 0.3) is 0 Å². The first-order valence-corrected chi connectivity index (χ1v) is 7.01. The van der Waals surface area contributed by atoms with E-state index < -0.39 is 5.97 Å². The number of methoxy groups -OCH3 is 2. The highest BCUT2D eigenvalue weighted by Crippen LogP contribution is 2.26. The first kappa shape index (κ1) is 19.6. The Kier molecular flexibility index (Phi) is 7.52. The Hall–Kier alpha value is -3.48. The molecule has 132 valence electrons. The highest BCUT2D eigenvalue weighted by atomic mass is 16.5. The van der Waals surface area contributed by atoms with E-state index in [1.54, 1.807) is 12.1 Å². The van der Waals surface area contributed by atoms with Crippen molar-refractivity contribution in [2.75, 3.05) is 14.2 Å². The van der Waals surface area contributed by atoms with Gasteiger partial charge in [0.05, 0.1) is 14.2 Å². The standard InChI is InChI=1S/C10H10O4.C8H8O3/c1-14-9-6-7(2-4-8(9)11)3-5-10(12)13;1-11-8-4-6(5-9)2-3-7(8)10/h2-6,11H,1H3,(H,12,13);2-5,10H,1H3/b5-3+;. The summed E-state index contributed by atoms with van der Waals surface area (Å²) >= 11 is 0. The lowest BCUT2D eigenvalue weighted by Crippen LogP contribution is -1.87. The average molecular weight is 346 g/mol. The van der Waals surface area contributed by atoms with Gasteiger partial charge < -0.3 is 24.8 Å². The van der Waals surface area contributed by atoms with Gasteiger partial charge in [0, 0.05) is 11.6 Å². The Morgan fingerprint density at radius 3 is 1.84 bits per heavy atom. The third-order valence-corrected chi connectivity index (χ3v) is 2.96. The number of ether oxygens (including phenoxy) is 2. The maximum Gasteiger partial charge on any atom is 0.328 e. The van der Waals surface area contributed by atoms with Crippen LogP contribution >= 0.6 is 0 Å². The normalized spacial score (nSPS) is 9.84. The second kappa shape index (κ2) is 9.61. The number of carbonyl (C=O) groups excluding carboxylic acids is 1. The third kappa shape index (κ3) is 6.26. The van der Waals surface area contributed by atoms with E-state index in [0.717, 1.165) is 6.08 Å². The van der Waals surface area contributed by atoms with E-state index in [1.165, 1.54) is 44.6 Å². The predicted molar refractivity (Wildman–Crippen MR) is 91.4 cm³/mol. The molecule has 0 fully saturated rings. The maximum atomic E-state index is 10.2. The number of aldehydes is 1. The summed E-state index contributed by atoms with van der Waals surface area (Å²) in [4.78, 5) is 20.5. The fourth-order valence-electron chi connectivity index (χ4n) is 1.73. The number of hydrogen-bond acceptors (Lipinski definition) is 6. The number of phenolic OH excluding ortho intramolecular Hbond substituents is 2. The van der Waals surface area contributed by atoms with Crippen LogP contribution < -0.4 is 9.47 Å². The Balaban J connectivity index is 0.000000257. The highest BCUT2D eigenvalue weighted by molar-refractivity contribution is 5.85. The number of carboxylic acids is 1. The van der Waals surface area contributed by atoms with Gasteiger partial charge in [0.2, 0.25) is 0 Å². The predicted octanol–water partition coefficient (Wildman–Crippen LogP) is 2.71. The third-order valence-electron chi connectivity index (χ3n) is 2.96. The fourth-order valence-corrected chi connectivity index (χ4v) is 1.73. The Morgan fingerprint density at radius 1 is 0.920 bits per heavy atom. The SMILES string of the molecule is COc1cc(/C=C/C(=O)O)ccc1O.COc1cc(C=O)ccc1O. The van der Waals surface area contributed by atoms with Gasteiger partial charge >= 0.3 is 5.97 Å². The molecule has 0 spiro atoms. The summed E-state index contributed by atoms with van der Waals surface area (Å²) in [6.07, 6.45) is 3.14. The lowest BCUT2D eigenvalue weighted by molar-refractivity contribution is -0.131. The second-order valence-electron chi connectivity index (χ2n) is 4.65. The molecule has 0 atom stereocenters. The number of hydrogen-bond donors (Lipinski definition) is 3. The van der Waals surface area contributed by atoms with E-state index >= 15 is 0 Å². The van der Waals surface area contributed by atoms with Crippen molar-refractivity contribution < 1.29 is 34.4 Å². The molecule has 0 aliphatic carbocycles. The minimum absolute atomic E-state index is 0.0278. The van der Waals surface area contributed by atoms with Crippen LogP contribution in [0.25, 0.3) is 6.08 Å². The largest absolute Gasteiger partial charge is 0.504 e. The van der Waals surface area contributed by atoms with Gasteiger partial charge in [-0.1, -0.05) is 6.07 Å². The summed E-state index contributed by atoms with van der Waals surface area (Å²) in [7, 11) is 2.86. The zero-order chi connectivity index (χ0) is 18.8. The molecule has 0 aromatic heterocycles. The fraction of sp³-hybridized carbons (Fsp3) is 0.111. The number of phenols is 2. The molecule has 0 radical (unpaired) electrons. The molecular weight excluding hydrogens is 328 g/mol. The number of rotatable bonds is 5. The van der Waals surface area contributed by atoms with Crippen LogP contribution in [0.15, 0.2) is 42.5 Å². The van der Waals surface area contributed by atoms with Crippen LogP contribution in [0, 0.1) is 0 Å². The van der Waals surface area contributed by atoms with Crippen LogP contribution in [-0.4, -0.2) is 41.8 Å². The van der Waals surface area contributed by atoms with Crippen molar-refractivity contribution >= 4 is 18.3 Å². The van der Waals surface area contributed by atoms with Gasteiger partial charge in [-0.25, -0.2) is 4.79 Å². The molecule has 0 amide bonds. The number of benzene rings is 2.